The SMILES string of the molecule is CCOc1cc2ncnc(Nc3ccc(F)c(Cl)c3)c2cc1NS(=O)(=O)CC1CCSS1. The average Bonchev–Trinajstić information content (AvgIpc) is 3.24. The molecule has 2 aromatic carbocycles. The number of rotatable bonds is 8. The van der Waals surface area contributed by atoms with Crippen molar-refractivity contribution < 1.29 is 17.5 Å². The first-order valence-corrected chi connectivity index (χ1v) is 14.2. The molecule has 1 fully saturated rings. The monoisotopic (exact) mass is 514 g/mol. The van der Waals surface area contributed by atoms with E-state index in [2.05, 4.69) is 20.0 Å². The lowest BCUT2D eigenvalue weighted by atomic mass is 10.2. The summed E-state index contributed by atoms with van der Waals surface area (Å²) in [4.78, 5) is 8.55. The molecule has 0 aliphatic carbocycles. The van der Waals surface area contributed by atoms with Crippen LogP contribution in [0.1, 0.15) is 13.3 Å². The van der Waals surface area contributed by atoms with E-state index in [0.29, 0.717) is 40.5 Å². The van der Waals surface area contributed by atoms with Gasteiger partial charge < -0.3 is 10.1 Å². The van der Waals surface area contributed by atoms with E-state index in [4.69, 9.17) is 16.3 Å². The van der Waals surface area contributed by atoms with Crippen LogP contribution in [0.3, 0.4) is 0 Å². The van der Waals surface area contributed by atoms with E-state index in [-0.39, 0.29) is 16.0 Å². The molecule has 0 amide bonds. The Morgan fingerprint density at radius 2 is 2.12 bits per heavy atom. The molecule has 0 bridgehead atoms. The second-order valence-electron chi connectivity index (χ2n) is 6.99. The van der Waals surface area contributed by atoms with Crippen molar-refractivity contribution in [3.05, 3.63) is 47.5 Å². The summed E-state index contributed by atoms with van der Waals surface area (Å²) in [6.45, 7) is 2.18. The van der Waals surface area contributed by atoms with Gasteiger partial charge in [-0.25, -0.2) is 22.8 Å². The quantitative estimate of drug-likeness (QED) is 0.383. The second kappa shape index (κ2) is 9.90. The van der Waals surface area contributed by atoms with E-state index in [9.17, 15) is 12.8 Å². The van der Waals surface area contributed by atoms with Gasteiger partial charge in [-0.3, -0.25) is 4.72 Å². The van der Waals surface area contributed by atoms with Gasteiger partial charge in [0, 0.05) is 28.1 Å². The summed E-state index contributed by atoms with van der Waals surface area (Å²) < 4.78 is 47.5. The third kappa shape index (κ3) is 5.51. The van der Waals surface area contributed by atoms with Gasteiger partial charge in [0.05, 0.1) is 28.6 Å². The molecule has 0 spiro atoms. The largest absolute Gasteiger partial charge is 0.492 e. The maximum atomic E-state index is 13.5. The lowest BCUT2D eigenvalue weighted by Crippen LogP contribution is -2.23. The maximum Gasteiger partial charge on any atom is 0.233 e. The van der Waals surface area contributed by atoms with Crippen LogP contribution in [0.4, 0.5) is 21.6 Å². The van der Waals surface area contributed by atoms with Crippen molar-refractivity contribution in [3.63, 3.8) is 0 Å². The molecule has 0 saturated carbocycles. The zero-order valence-electron chi connectivity index (χ0n) is 17.0. The summed E-state index contributed by atoms with van der Waals surface area (Å²) in [5.41, 5.74) is 1.40. The minimum atomic E-state index is -3.59. The number of nitrogens with one attached hydrogen (secondary N) is 2. The van der Waals surface area contributed by atoms with Gasteiger partial charge in [0.2, 0.25) is 10.0 Å². The molecule has 1 aliphatic heterocycles. The lowest BCUT2D eigenvalue weighted by Gasteiger charge is -2.16. The maximum absolute atomic E-state index is 13.5. The molecule has 1 aromatic heterocycles. The van der Waals surface area contributed by atoms with Crippen molar-refractivity contribution in [1.29, 1.82) is 0 Å². The Labute approximate surface area is 198 Å². The van der Waals surface area contributed by atoms with Crippen molar-refractivity contribution in [1.82, 2.24) is 9.97 Å². The molecule has 1 atom stereocenters. The van der Waals surface area contributed by atoms with Crippen LogP contribution in [-0.2, 0) is 10.0 Å². The van der Waals surface area contributed by atoms with Crippen LogP contribution < -0.4 is 14.8 Å². The number of sulfonamides is 1. The molecule has 170 valence electrons. The summed E-state index contributed by atoms with van der Waals surface area (Å²) in [6.07, 6.45) is 2.23. The highest BCUT2D eigenvalue weighted by Crippen LogP contribution is 2.39. The Hall–Kier alpha value is -1.95. The number of aromatic nitrogens is 2. The first-order valence-electron chi connectivity index (χ1n) is 9.77. The van der Waals surface area contributed by atoms with E-state index >= 15 is 0 Å². The number of nitrogens with zero attached hydrogens (tertiary/aromatic N) is 2. The summed E-state index contributed by atoms with van der Waals surface area (Å²) in [6, 6.07) is 7.54. The van der Waals surface area contributed by atoms with E-state index in [1.165, 1.54) is 24.5 Å². The second-order valence-corrected chi connectivity index (χ2v) is 11.9. The highest BCUT2D eigenvalue weighted by Gasteiger charge is 2.25. The van der Waals surface area contributed by atoms with E-state index in [0.717, 1.165) is 12.2 Å². The molecule has 1 aliphatic rings. The molecule has 2 N–H and O–H groups in total. The molecular weight excluding hydrogens is 495 g/mol. The van der Waals surface area contributed by atoms with Gasteiger partial charge in [0.25, 0.3) is 0 Å². The number of hydrogen-bond donors (Lipinski definition) is 2. The Morgan fingerprint density at radius 1 is 1.28 bits per heavy atom. The van der Waals surface area contributed by atoms with Crippen LogP contribution in [0.2, 0.25) is 5.02 Å². The van der Waals surface area contributed by atoms with Gasteiger partial charge >= 0.3 is 0 Å². The first kappa shape index (κ1) is 23.2. The fourth-order valence-corrected chi connectivity index (χ4v) is 8.34. The minimum absolute atomic E-state index is 0.0246. The first-order chi connectivity index (χ1) is 15.3. The molecular formula is C20H20ClFN4O3S3. The van der Waals surface area contributed by atoms with Crippen LogP contribution in [0.15, 0.2) is 36.7 Å². The van der Waals surface area contributed by atoms with Crippen LogP contribution in [0.25, 0.3) is 10.9 Å². The molecule has 3 aromatic rings. The fourth-order valence-electron chi connectivity index (χ4n) is 3.19. The molecule has 4 rings (SSSR count). The summed E-state index contributed by atoms with van der Waals surface area (Å²) in [5.74, 6) is 1.25. The normalized spacial score (nSPS) is 16.3. The van der Waals surface area contributed by atoms with Gasteiger partial charge in [-0.05, 0) is 37.6 Å². The van der Waals surface area contributed by atoms with Crippen LogP contribution >= 0.6 is 33.2 Å². The Bertz CT molecular complexity index is 1240. The zero-order chi connectivity index (χ0) is 22.7. The van der Waals surface area contributed by atoms with Gasteiger partial charge in [0.1, 0.15) is 23.7 Å². The summed E-state index contributed by atoms with van der Waals surface area (Å²) in [5, 5.41) is 3.69. The standard InChI is InChI=1S/C20H20ClFN4O3S3/c1-2-29-19-9-17-14(8-18(19)26-32(27,28)10-13-5-6-30-31-13)20(24-11-23-17)25-12-3-4-16(22)15(21)7-12/h3-4,7-9,11,13,26H,2,5-6,10H2,1H3,(H,23,24,25). The third-order valence-electron chi connectivity index (χ3n) is 4.62. The number of anilines is 3. The van der Waals surface area contributed by atoms with Crippen molar-refractivity contribution in [2.45, 2.75) is 18.6 Å². The van der Waals surface area contributed by atoms with Gasteiger partial charge in [-0.2, -0.15) is 0 Å². The number of halogens is 2. The lowest BCUT2D eigenvalue weighted by molar-refractivity contribution is 0.342. The van der Waals surface area contributed by atoms with Crippen molar-refractivity contribution in [3.8, 4) is 5.75 Å². The Morgan fingerprint density at radius 3 is 2.84 bits per heavy atom. The van der Waals surface area contributed by atoms with Crippen molar-refractivity contribution >= 4 is 71.3 Å². The molecule has 12 heteroatoms. The number of benzene rings is 2. The van der Waals surface area contributed by atoms with E-state index < -0.39 is 15.8 Å². The molecule has 32 heavy (non-hydrogen) atoms. The molecule has 0 radical (unpaired) electrons. The van der Waals surface area contributed by atoms with Crippen LogP contribution in [-0.4, -0.2) is 41.7 Å². The number of ether oxygens (including phenoxy) is 1. The smallest absolute Gasteiger partial charge is 0.233 e. The predicted molar refractivity (Wildman–Crippen MR) is 131 cm³/mol. The average molecular weight is 515 g/mol. The highest BCUT2D eigenvalue weighted by molar-refractivity contribution is 8.77. The Balaban J connectivity index is 1.70. The summed E-state index contributed by atoms with van der Waals surface area (Å²) in [7, 11) is -0.304. The van der Waals surface area contributed by atoms with Crippen molar-refractivity contribution in [2.75, 3.05) is 28.2 Å². The number of hydrogen-bond acceptors (Lipinski definition) is 8. The minimum Gasteiger partial charge on any atom is -0.492 e. The zero-order valence-corrected chi connectivity index (χ0v) is 20.2. The van der Waals surface area contributed by atoms with Gasteiger partial charge in [-0.15, -0.1) is 0 Å². The molecule has 7 nitrogen and oxygen atoms in total. The van der Waals surface area contributed by atoms with E-state index in [1.54, 1.807) is 33.7 Å². The fraction of sp³-hybridized carbons (Fsp3) is 0.300. The van der Waals surface area contributed by atoms with E-state index in [1.807, 2.05) is 6.92 Å². The third-order valence-corrected chi connectivity index (χ3v) is 9.43. The molecule has 1 saturated heterocycles. The molecule has 1 unspecified atom stereocenters. The van der Waals surface area contributed by atoms with Crippen LogP contribution in [0, 0.1) is 5.82 Å². The van der Waals surface area contributed by atoms with Gasteiger partial charge in [-0.1, -0.05) is 33.2 Å². The summed E-state index contributed by atoms with van der Waals surface area (Å²) >= 11 is 5.88. The topological polar surface area (TPSA) is 93.2 Å². The molecule has 2 heterocycles. The Kier molecular flexibility index (Phi) is 7.18. The van der Waals surface area contributed by atoms with Crippen LogP contribution in [0.5, 0.6) is 5.75 Å². The van der Waals surface area contributed by atoms with Gasteiger partial charge in [0.15, 0.2) is 0 Å². The predicted octanol–water partition coefficient (Wildman–Crippen LogP) is 5.46. The van der Waals surface area contributed by atoms with Crippen molar-refractivity contribution in [2.24, 2.45) is 0 Å². The highest BCUT2D eigenvalue weighted by atomic mass is 35.5. The number of fused-ring (bicyclic) bond motifs is 1.